The predicted octanol–water partition coefficient (Wildman–Crippen LogP) is 3.16. The first-order chi connectivity index (χ1) is 8.66. The van der Waals surface area contributed by atoms with Crippen molar-refractivity contribution in [2.45, 2.75) is 6.04 Å². The van der Waals surface area contributed by atoms with Crippen molar-refractivity contribution in [3.63, 3.8) is 0 Å². The molecule has 0 fully saturated rings. The molecule has 1 aromatic carbocycles. The number of anilines is 2. The summed E-state index contributed by atoms with van der Waals surface area (Å²) in [6, 6.07) is 3.47. The van der Waals surface area contributed by atoms with Crippen LogP contribution in [0, 0.1) is 11.6 Å². The van der Waals surface area contributed by atoms with Crippen molar-refractivity contribution in [3.05, 3.63) is 47.9 Å². The lowest BCUT2D eigenvalue weighted by Gasteiger charge is -2.32. The molecule has 0 spiro atoms. The molecule has 5 heteroatoms. The van der Waals surface area contributed by atoms with E-state index in [0.29, 0.717) is 6.54 Å². The molecule has 3 nitrogen and oxygen atoms in total. The Morgan fingerprint density at radius 2 is 2.00 bits per heavy atom. The highest BCUT2D eigenvalue weighted by Crippen LogP contribution is 2.36. The van der Waals surface area contributed by atoms with Crippen LogP contribution in [0.4, 0.5) is 20.2 Å². The maximum Gasteiger partial charge on any atom is 0.131 e. The van der Waals surface area contributed by atoms with E-state index < -0.39 is 17.7 Å². The van der Waals surface area contributed by atoms with Crippen molar-refractivity contribution in [1.82, 2.24) is 0 Å². The third kappa shape index (κ3) is 1.63. The molecule has 0 amide bonds. The fourth-order valence-corrected chi connectivity index (χ4v) is 2.31. The summed E-state index contributed by atoms with van der Waals surface area (Å²) in [5.41, 5.74) is 1.70. The molecule has 18 heavy (non-hydrogen) atoms. The number of hydrogen-bond donors (Lipinski definition) is 1. The van der Waals surface area contributed by atoms with Crippen LogP contribution in [-0.4, -0.2) is 13.6 Å². The minimum atomic E-state index is -0.534. The van der Waals surface area contributed by atoms with E-state index in [4.69, 9.17) is 4.42 Å². The molecule has 0 radical (unpaired) electrons. The second-order valence-electron chi connectivity index (χ2n) is 4.38. The van der Waals surface area contributed by atoms with Gasteiger partial charge in [-0.3, -0.25) is 0 Å². The molecule has 0 aliphatic carbocycles. The van der Waals surface area contributed by atoms with Crippen molar-refractivity contribution in [2.75, 3.05) is 23.8 Å². The van der Waals surface area contributed by atoms with Crippen LogP contribution in [0.25, 0.3) is 0 Å². The first-order valence-electron chi connectivity index (χ1n) is 5.64. The number of nitrogens with zero attached hydrogens (tertiary/aromatic N) is 1. The number of nitrogens with one attached hydrogen (secondary N) is 1. The van der Waals surface area contributed by atoms with E-state index in [9.17, 15) is 8.78 Å². The van der Waals surface area contributed by atoms with Gasteiger partial charge in [0.1, 0.15) is 24.2 Å². The van der Waals surface area contributed by atoms with Crippen molar-refractivity contribution in [2.24, 2.45) is 0 Å². The first kappa shape index (κ1) is 11.1. The average Bonchev–Trinajstić information content (AvgIpc) is 2.77. The molecule has 1 aromatic heterocycles. The van der Waals surface area contributed by atoms with Crippen LogP contribution in [0.1, 0.15) is 11.6 Å². The summed E-state index contributed by atoms with van der Waals surface area (Å²) in [7, 11) is 1.86. The topological polar surface area (TPSA) is 28.4 Å². The van der Waals surface area contributed by atoms with Gasteiger partial charge in [-0.2, -0.15) is 0 Å². The van der Waals surface area contributed by atoms with Gasteiger partial charge < -0.3 is 14.6 Å². The third-order valence-electron chi connectivity index (χ3n) is 3.19. The summed E-state index contributed by atoms with van der Waals surface area (Å²) in [6.45, 7) is 0.477. The van der Waals surface area contributed by atoms with Crippen molar-refractivity contribution >= 4 is 11.4 Å². The monoisotopic (exact) mass is 250 g/mol. The maximum absolute atomic E-state index is 13.7. The van der Waals surface area contributed by atoms with Gasteiger partial charge >= 0.3 is 0 Å². The molecule has 1 aliphatic rings. The van der Waals surface area contributed by atoms with Crippen LogP contribution in [0.3, 0.4) is 0 Å². The van der Waals surface area contributed by atoms with Gasteiger partial charge in [-0.25, -0.2) is 8.78 Å². The zero-order chi connectivity index (χ0) is 12.7. The second-order valence-corrected chi connectivity index (χ2v) is 4.38. The van der Waals surface area contributed by atoms with Gasteiger partial charge in [0, 0.05) is 19.2 Å². The van der Waals surface area contributed by atoms with Crippen LogP contribution >= 0.6 is 0 Å². The van der Waals surface area contributed by atoms with Gasteiger partial charge in [-0.05, 0) is 12.1 Å². The Bertz CT molecular complexity index is 562. The largest absolute Gasteiger partial charge is 0.468 e. The van der Waals surface area contributed by atoms with Gasteiger partial charge in [-0.15, -0.1) is 0 Å². The predicted molar refractivity (Wildman–Crippen MR) is 64.7 cm³/mol. The number of benzene rings is 1. The molecular formula is C13H12F2N2O. The minimum Gasteiger partial charge on any atom is -0.468 e. The Morgan fingerprint density at radius 1 is 1.28 bits per heavy atom. The lowest BCUT2D eigenvalue weighted by molar-refractivity contribution is 0.532. The molecule has 2 aromatic rings. The van der Waals surface area contributed by atoms with Crippen LogP contribution < -0.4 is 10.2 Å². The molecule has 0 saturated heterocycles. The summed E-state index contributed by atoms with van der Waals surface area (Å²) in [5.74, 6) is -1.07. The highest BCUT2D eigenvalue weighted by molar-refractivity contribution is 5.71. The van der Waals surface area contributed by atoms with Gasteiger partial charge in [0.05, 0.1) is 17.4 Å². The highest BCUT2D eigenvalue weighted by atomic mass is 19.1. The molecule has 2 heterocycles. The van der Waals surface area contributed by atoms with E-state index in [1.54, 1.807) is 6.26 Å². The molecular weight excluding hydrogens is 238 g/mol. The van der Waals surface area contributed by atoms with Crippen molar-refractivity contribution in [3.8, 4) is 0 Å². The van der Waals surface area contributed by atoms with Crippen LogP contribution in [0.2, 0.25) is 0 Å². The van der Waals surface area contributed by atoms with E-state index in [1.165, 1.54) is 24.5 Å². The van der Waals surface area contributed by atoms with E-state index in [-0.39, 0.29) is 5.56 Å². The molecule has 1 aliphatic heterocycles. The van der Waals surface area contributed by atoms with Crippen molar-refractivity contribution < 1.29 is 13.2 Å². The summed E-state index contributed by atoms with van der Waals surface area (Å²) in [4.78, 5) is 1.91. The van der Waals surface area contributed by atoms with Crippen LogP contribution in [0.5, 0.6) is 0 Å². The Morgan fingerprint density at radius 3 is 2.72 bits per heavy atom. The minimum absolute atomic E-state index is 0.0659. The summed E-state index contributed by atoms with van der Waals surface area (Å²) in [6.07, 6.45) is 3.15. The van der Waals surface area contributed by atoms with Gasteiger partial charge in [0.2, 0.25) is 0 Å². The molecule has 0 saturated carbocycles. The smallest absolute Gasteiger partial charge is 0.131 e. The highest BCUT2D eigenvalue weighted by Gasteiger charge is 2.28. The molecule has 1 unspecified atom stereocenters. The number of likely N-dealkylation sites (N-methyl/N-ethyl adjacent to an activating group) is 1. The summed E-state index contributed by atoms with van der Waals surface area (Å²) < 4.78 is 32.6. The van der Waals surface area contributed by atoms with Crippen molar-refractivity contribution in [1.29, 1.82) is 0 Å². The summed E-state index contributed by atoms with van der Waals surface area (Å²) >= 11 is 0. The lowest BCUT2D eigenvalue weighted by Crippen LogP contribution is -2.34. The zero-order valence-electron chi connectivity index (χ0n) is 9.78. The molecule has 0 bridgehead atoms. The quantitative estimate of drug-likeness (QED) is 0.842. The van der Waals surface area contributed by atoms with E-state index >= 15 is 0 Å². The Kier molecular flexibility index (Phi) is 2.47. The fourth-order valence-electron chi connectivity index (χ4n) is 2.31. The summed E-state index contributed by atoms with van der Waals surface area (Å²) in [5, 5.41) is 3.09. The van der Waals surface area contributed by atoms with E-state index in [0.717, 1.165) is 11.4 Å². The van der Waals surface area contributed by atoms with Gasteiger partial charge in [0.15, 0.2) is 0 Å². The average molecular weight is 250 g/mol. The Labute approximate surface area is 103 Å². The van der Waals surface area contributed by atoms with E-state index in [2.05, 4.69) is 5.32 Å². The second kappa shape index (κ2) is 4.01. The normalized spacial score (nSPS) is 18.4. The number of rotatable bonds is 1. The van der Waals surface area contributed by atoms with Gasteiger partial charge in [0.25, 0.3) is 0 Å². The standard InChI is InChI=1S/C13H12F2N2O/c1-17-5-10(16-11-6-18-7-12(11)17)13-8(14)3-2-4-9(13)15/h2-4,6-7,10,16H,5H2,1H3. The number of furan rings is 1. The Hall–Kier alpha value is -2.04. The lowest BCUT2D eigenvalue weighted by atomic mass is 10.0. The molecule has 94 valence electrons. The Balaban J connectivity index is 2.01. The zero-order valence-corrected chi connectivity index (χ0v) is 9.78. The van der Waals surface area contributed by atoms with E-state index in [1.807, 2.05) is 11.9 Å². The molecule has 1 atom stereocenters. The SMILES string of the molecule is CN1CC(c2c(F)cccc2F)Nc2cocc21. The van der Waals surface area contributed by atoms with Crippen LogP contribution in [0.15, 0.2) is 35.1 Å². The third-order valence-corrected chi connectivity index (χ3v) is 3.19. The first-order valence-corrected chi connectivity index (χ1v) is 5.64. The number of fused-ring (bicyclic) bond motifs is 1. The fraction of sp³-hybridized carbons (Fsp3) is 0.231. The van der Waals surface area contributed by atoms with Gasteiger partial charge in [-0.1, -0.05) is 6.07 Å². The number of hydrogen-bond acceptors (Lipinski definition) is 3. The maximum atomic E-state index is 13.7. The van der Waals surface area contributed by atoms with Crippen LogP contribution in [-0.2, 0) is 0 Å². The molecule has 1 N–H and O–H groups in total. The molecule has 3 rings (SSSR count). The number of halogens is 2.